The first-order valence-corrected chi connectivity index (χ1v) is 6.70. The summed E-state index contributed by atoms with van der Waals surface area (Å²) < 4.78 is 27.6. The van der Waals surface area contributed by atoms with Crippen LogP contribution in [-0.4, -0.2) is 7.05 Å². The fraction of sp³-hybridized carbons (Fsp3) is 0.200. The second kappa shape index (κ2) is 5.80. The molecule has 0 aromatic heterocycles. The fourth-order valence-corrected chi connectivity index (χ4v) is 2.54. The molecule has 0 saturated carbocycles. The molecule has 0 fully saturated rings. The highest BCUT2D eigenvalue weighted by Crippen LogP contribution is 2.28. The maximum Gasteiger partial charge on any atom is 0.126 e. The van der Waals surface area contributed by atoms with Crippen molar-refractivity contribution >= 4 is 15.9 Å². The first kappa shape index (κ1) is 14.2. The Morgan fingerprint density at radius 3 is 2.26 bits per heavy atom. The minimum absolute atomic E-state index is 0.248. The molecule has 0 heterocycles. The van der Waals surface area contributed by atoms with Crippen molar-refractivity contribution in [3.05, 3.63) is 69.2 Å². The van der Waals surface area contributed by atoms with Crippen LogP contribution in [0, 0.1) is 18.6 Å². The molecule has 0 saturated heterocycles. The first-order chi connectivity index (χ1) is 9.01. The minimum atomic E-state index is -0.567. The second-order valence-corrected chi connectivity index (χ2v) is 5.34. The molecule has 0 spiro atoms. The molecule has 0 bridgehead atoms. The number of rotatable bonds is 3. The predicted molar refractivity (Wildman–Crippen MR) is 76.1 cm³/mol. The van der Waals surface area contributed by atoms with Gasteiger partial charge in [0.05, 0.1) is 6.04 Å². The molecule has 19 heavy (non-hydrogen) atoms. The SMILES string of the molecule is CNC(c1cc(F)cc(F)c1)c1cc(Br)ccc1C. The van der Waals surface area contributed by atoms with Crippen LogP contribution in [0.15, 0.2) is 40.9 Å². The van der Waals surface area contributed by atoms with Crippen LogP contribution < -0.4 is 5.32 Å². The standard InChI is InChI=1S/C15H14BrF2N/c1-9-3-4-11(16)7-14(9)15(19-2)10-5-12(17)8-13(18)6-10/h3-8,15,19H,1-2H3. The van der Waals surface area contributed by atoms with Crippen LogP contribution in [0.3, 0.4) is 0 Å². The number of hydrogen-bond donors (Lipinski definition) is 1. The molecule has 1 atom stereocenters. The van der Waals surface area contributed by atoms with E-state index >= 15 is 0 Å². The number of hydrogen-bond acceptors (Lipinski definition) is 1. The van der Waals surface area contributed by atoms with Gasteiger partial charge in [-0.1, -0.05) is 22.0 Å². The van der Waals surface area contributed by atoms with Crippen molar-refractivity contribution in [1.82, 2.24) is 5.32 Å². The first-order valence-electron chi connectivity index (χ1n) is 5.90. The molecule has 1 N–H and O–H groups in total. The van der Waals surface area contributed by atoms with Gasteiger partial charge in [0.25, 0.3) is 0 Å². The highest BCUT2D eigenvalue weighted by Gasteiger charge is 2.16. The summed E-state index contributed by atoms with van der Waals surface area (Å²) in [5, 5.41) is 3.10. The van der Waals surface area contributed by atoms with Gasteiger partial charge >= 0.3 is 0 Å². The quantitative estimate of drug-likeness (QED) is 0.884. The van der Waals surface area contributed by atoms with Gasteiger partial charge in [-0.05, 0) is 54.9 Å². The normalized spacial score (nSPS) is 12.5. The average molecular weight is 326 g/mol. The van der Waals surface area contributed by atoms with Crippen LogP contribution in [0.2, 0.25) is 0 Å². The molecule has 2 rings (SSSR count). The summed E-state index contributed by atoms with van der Waals surface area (Å²) in [6, 6.07) is 9.21. The molecular weight excluding hydrogens is 312 g/mol. The van der Waals surface area contributed by atoms with E-state index in [1.165, 1.54) is 12.1 Å². The van der Waals surface area contributed by atoms with Crippen LogP contribution in [-0.2, 0) is 0 Å². The maximum atomic E-state index is 13.3. The zero-order valence-corrected chi connectivity index (χ0v) is 12.3. The molecule has 1 nitrogen and oxygen atoms in total. The zero-order valence-electron chi connectivity index (χ0n) is 10.7. The Morgan fingerprint density at radius 2 is 1.68 bits per heavy atom. The van der Waals surface area contributed by atoms with E-state index in [4.69, 9.17) is 0 Å². The Hall–Kier alpha value is -1.26. The van der Waals surface area contributed by atoms with E-state index in [-0.39, 0.29) is 6.04 Å². The van der Waals surface area contributed by atoms with Gasteiger partial charge in [0, 0.05) is 10.5 Å². The van der Waals surface area contributed by atoms with E-state index in [1.807, 2.05) is 25.1 Å². The van der Waals surface area contributed by atoms with Crippen molar-refractivity contribution in [2.24, 2.45) is 0 Å². The molecule has 0 amide bonds. The highest BCUT2D eigenvalue weighted by molar-refractivity contribution is 9.10. The Morgan fingerprint density at radius 1 is 1.05 bits per heavy atom. The third-order valence-electron chi connectivity index (χ3n) is 3.06. The smallest absolute Gasteiger partial charge is 0.126 e. The van der Waals surface area contributed by atoms with Crippen LogP contribution in [0.4, 0.5) is 8.78 Å². The molecule has 2 aromatic rings. The number of nitrogens with one attached hydrogen (secondary N) is 1. The van der Waals surface area contributed by atoms with Crippen LogP contribution in [0.25, 0.3) is 0 Å². The van der Waals surface area contributed by atoms with E-state index in [0.717, 1.165) is 21.7 Å². The summed E-state index contributed by atoms with van der Waals surface area (Å²) in [7, 11) is 1.77. The zero-order chi connectivity index (χ0) is 14.0. The van der Waals surface area contributed by atoms with E-state index in [9.17, 15) is 8.78 Å². The Labute approximate surface area is 119 Å². The lowest BCUT2D eigenvalue weighted by molar-refractivity contribution is 0.571. The van der Waals surface area contributed by atoms with Crippen molar-refractivity contribution in [1.29, 1.82) is 0 Å². The van der Waals surface area contributed by atoms with Crippen LogP contribution in [0.5, 0.6) is 0 Å². The molecule has 4 heteroatoms. The van der Waals surface area contributed by atoms with Crippen molar-refractivity contribution in [3.63, 3.8) is 0 Å². The van der Waals surface area contributed by atoms with E-state index < -0.39 is 11.6 Å². The Bertz CT molecular complexity index is 578. The van der Waals surface area contributed by atoms with Gasteiger partial charge in [0.15, 0.2) is 0 Å². The summed E-state index contributed by atoms with van der Waals surface area (Å²) in [5.74, 6) is -1.13. The summed E-state index contributed by atoms with van der Waals surface area (Å²) >= 11 is 3.42. The van der Waals surface area contributed by atoms with Gasteiger partial charge in [0.2, 0.25) is 0 Å². The summed E-state index contributed by atoms with van der Waals surface area (Å²) in [6.45, 7) is 1.97. The van der Waals surface area contributed by atoms with Crippen LogP contribution >= 0.6 is 15.9 Å². The van der Waals surface area contributed by atoms with E-state index in [1.54, 1.807) is 7.05 Å². The summed E-state index contributed by atoms with van der Waals surface area (Å²) in [5.41, 5.74) is 2.62. The van der Waals surface area contributed by atoms with Gasteiger partial charge in [-0.15, -0.1) is 0 Å². The summed E-state index contributed by atoms with van der Waals surface area (Å²) in [4.78, 5) is 0. The number of benzene rings is 2. The Balaban J connectivity index is 2.52. The third-order valence-corrected chi connectivity index (χ3v) is 3.55. The molecule has 0 aliphatic heterocycles. The van der Waals surface area contributed by atoms with Crippen molar-refractivity contribution in [2.75, 3.05) is 7.05 Å². The predicted octanol–water partition coefficient (Wildman–Crippen LogP) is 4.34. The molecule has 100 valence electrons. The molecule has 2 aromatic carbocycles. The topological polar surface area (TPSA) is 12.0 Å². The van der Waals surface area contributed by atoms with Gasteiger partial charge in [0.1, 0.15) is 11.6 Å². The third kappa shape index (κ3) is 3.19. The lowest BCUT2D eigenvalue weighted by Gasteiger charge is -2.20. The second-order valence-electron chi connectivity index (χ2n) is 4.43. The average Bonchev–Trinajstić information content (AvgIpc) is 2.33. The lowest BCUT2D eigenvalue weighted by atomic mass is 9.95. The fourth-order valence-electron chi connectivity index (χ4n) is 2.17. The highest BCUT2D eigenvalue weighted by atomic mass is 79.9. The number of halogens is 3. The molecular formula is C15H14BrF2N. The molecule has 1 unspecified atom stereocenters. The van der Waals surface area contributed by atoms with Gasteiger partial charge < -0.3 is 5.32 Å². The number of aryl methyl sites for hydroxylation is 1. The molecule has 0 aliphatic carbocycles. The van der Waals surface area contributed by atoms with Crippen molar-refractivity contribution in [2.45, 2.75) is 13.0 Å². The van der Waals surface area contributed by atoms with Crippen molar-refractivity contribution < 1.29 is 8.78 Å². The Kier molecular flexibility index (Phi) is 4.32. The summed E-state index contributed by atoms with van der Waals surface area (Å²) in [6.07, 6.45) is 0. The molecule has 0 radical (unpaired) electrons. The monoisotopic (exact) mass is 325 g/mol. The van der Waals surface area contributed by atoms with Gasteiger partial charge in [-0.25, -0.2) is 8.78 Å². The maximum absolute atomic E-state index is 13.3. The lowest BCUT2D eigenvalue weighted by Crippen LogP contribution is -2.19. The van der Waals surface area contributed by atoms with E-state index in [0.29, 0.717) is 5.56 Å². The van der Waals surface area contributed by atoms with Gasteiger partial charge in [-0.2, -0.15) is 0 Å². The minimum Gasteiger partial charge on any atom is -0.309 e. The van der Waals surface area contributed by atoms with Gasteiger partial charge in [-0.3, -0.25) is 0 Å². The van der Waals surface area contributed by atoms with E-state index in [2.05, 4.69) is 21.2 Å². The molecule has 0 aliphatic rings. The largest absolute Gasteiger partial charge is 0.309 e. The van der Waals surface area contributed by atoms with Crippen molar-refractivity contribution in [3.8, 4) is 0 Å². The van der Waals surface area contributed by atoms with Crippen LogP contribution in [0.1, 0.15) is 22.7 Å².